The number of ether oxygens (including phenoxy) is 7. The molecule has 42 heavy (non-hydrogen) atoms. The number of aromatic nitrogens is 3. The van der Waals surface area contributed by atoms with E-state index in [-0.39, 0.29) is 24.9 Å². The van der Waals surface area contributed by atoms with E-state index in [0.29, 0.717) is 23.8 Å². The van der Waals surface area contributed by atoms with Gasteiger partial charge in [-0.25, -0.2) is 9.78 Å². The number of nitrogens with zero attached hydrogens (tertiary/aromatic N) is 3. The van der Waals surface area contributed by atoms with Gasteiger partial charge in [0.1, 0.15) is 30.1 Å². The van der Waals surface area contributed by atoms with Gasteiger partial charge >= 0.3 is 5.97 Å². The van der Waals surface area contributed by atoms with Crippen molar-refractivity contribution >= 4 is 22.8 Å². The maximum absolute atomic E-state index is 13.1. The summed E-state index contributed by atoms with van der Waals surface area (Å²) in [5.41, 5.74) is 2.66. The van der Waals surface area contributed by atoms with Gasteiger partial charge in [0.15, 0.2) is 23.6 Å². The first-order valence-corrected chi connectivity index (χ1v) is 15.5. The Morgan fingerprint density at radius 3 is 2.36 bits per heavy atom. The molecule has 0 N–H and O–H groups in total. The second-order valence-corrected chi connectivity index (χ2v) is 12.4. The third kappa shape index (κ3) is 4.23. The van der Waals surface area contributed by atoms with Crippen LogP contribution in [0.5, 0.6) is 0 Å². The molecule has 0 radical (unpaired) electrons. The SMILES string of the molecule is COC(=O)c1c(CO[C@@H]2O[C@H]([C@@H]3COC4(CCCCC4)O3)[C@@H]3OC4(CCCCC4)O[C@H]23)nc2n(C)c3ccccc3n12. The lowest BCUT2D eigenvalue weighted by molar-refractivity contribution is -0.270. The number of hydrogen-bond acceptors (Lipinski definition) is 9. The van der Waals surface area contributed by atoms with E-state index < -0.39 is 29.9 Å². The Morgan fingerprint density at radius 1 is 0.929 bits per heavy atom. The average molecular weight is 582 g/mol. The van der Waals surface area contributed by atoms with Crippen molar-refractivity contribution < 1.29 is 38.0 Å². The molecule has 3 aromatic rings. The molecular weight excluding hydrogens is 542 g/mol. The van der Waals surface area contributed by atoms with Crippen molar-refractivity contribution in [2.24, 2.45) is 7.05 Å². The molecule has 3 saturated heterocycles. The summed E-state index contributed by atoms with van der Waals surface area (Å²) in [5.74, 6) is -0.971. The van der Waals surface area contributed by atoms with Gasteiger partial charge in [0.25, 0.3) is 0 Å². The number of hydrogen-bond donors (Lipinski definition) is 0. The van der Waals surface area contributed by atoms with Gasteiger partial charge < -0.3 is 37.7 Å². The summed E-state index contributed by atoms with van der Waals surface area (Å²) in [5, 5.41) is 0. The zero-order chi connectivity index (χ0) is 28.5. The molecule has 1 aromatic carbocycles. The first kappa shape index (κ1) is 27.0. The third-order valence-corrected chi connectivity index (χ3v) is 9.86. The van der Waals surface area contributed by atoms with Crippen LogP contribution in [0, 0.1) is 0 Å². The van der Waals surface area contributed by atoms with Crippen molar-refractivity contribution in [2.75, 3.05) is 13.7 Å². The van der Waals surface area contributed by atoms with E-state index in [9.17, 15) is 4.79 Å². The van der Waals surface area contributed by atoms with Crippen LogP contribution in [0.15, 0.2) is 24.3 Å². The molecule has 2 aromatic heterocycles. The van der Waals surface area contributed by atoms with E-state index in [4.69, 9.17) is 38.1 Å². The number of carbonyl (C=O) groups is 1. The lowest BCUT2D eigenvalue weighted by Gasteiger charge is -2.35. The van der Waals surface area contributed by atoms with Gasteiger partial charge in [0.2, 0.25) is 5.78 Å². The molecule has 5 fully saturated rings. The number of methoxy groups -OCH3 is 1. The van der Waals surface area contributed by atoms with E-state index in [2.05, 4.69) is 0 Å². The first-order chi connectivity index (χ1) is 20.5. The van der Waals surface area contributed by atoms with Crippen molar-refractivity contribution in [2.45, 2.75) is 113 Å². The van der Waals surface area contributed by atoms with Gasteiger partial charge in [-0.05, 0) is 37.8 Å². The lowest BCUT2D eigenvalue weighted by atomic mass is 9.94. The Hall–Kier alpha value is -2.54. The fourth-order valence-corrected chi connectivity index (χ4v) is 7.80. The lowest BCUT2D eigenvalue weighted by Crippen LogP contribution is -2.43. The minimum Gasteiger partial charge on any atom is -0.464 e. The highest BCUT2D eigenvalue weighted by molar-refractivity contribution is 5.93. The summed E-state index contributed by atoms with van der Waals surface area (Å²) in [6.07, 6.45) is 8.18. The molecule has 2 aliphatic carbocycles. The highest BCUT2D eigenvalue weighted by Gasteiger charge is 2.62. The molecular formula is C31H39N3O8. The number of esters is 1. The fourth-order valence-electron chi connectivity index (χ4n) is 7.80. The molecule has 0 unspecified atom stereocenters. The van der Waals surface area contributed by atoms with Crippen LogP contribution in [0.2, 0.25) is 0 Å². The zero-order valence-corrected chi connectivity index (χ0v) is 24.3. The minimum absolute atomic E-state index is 0.0450. The Bertz CT molecular complexity index is 1490. The van der Waals surface area contributed by atoms with Gasteiger partial charge in [-0.15, -0.1) is 0 Å². The first-order valence-electron chi connectivity index (χ1n) is 15.5. The number of imidazole rings is 2. The molecule has 0 amide bonds. The van der Waals surface area contributed by atoms with Crippen molar-refractivity contribution in [3.8, 4) is 0 Å². The van der Waals surface area contributed by atoms with Crippen LogP contribution >= 0.6 is 0 Å². The number of aryl methyl sites for hydroxylation is 1. The molecule has 226 valence electrons. The van der Waals surface area contributed by atoms with E-state index in [1.807, 2.05) is 40.3 Å². The number of para-hydroxylation sites is 2. The van der Waals surface area contributed by atoms with Gasteiger partial charge in [0, 0.05) is 32.7 Å². The maximum atomic E-state index is 13.1. The average Bonchev–Trinajstić information content (AvgIpc) is 3.81. The summed E-state index contributed by atoms with van der Waals surface area (Å²) < 4.78 is 48.2. The van der Waals surface area contributed by atoms with Crippen LogP contribution in [-0.2, 0) is 46.8 Å². The van der Waals surface area contributed by atoms with E-state index in [1.54, 1.807) is 0 Å². The number of carbonyl (C=O) groups excluding carboxylic acids is 1. The molecule has 11 nitrogen and oxygen atoms in total. The van der Waals surface area contributed by atoms with E-state index in [0.717, 1.165) is 62.4 Å². The zero-order valence-electron chi connectivity index (χ0n) is 24.3. The highest BCUT2D eigenvalue weighted by Crippen LogP contribution is 2.49. The van der Waals surface area contributed by atoms with Crippen LogP contribution in [0.1, 0.15) is 80.4 Å². The Balaban J connectivity index is 1.08. The largest absolute Gasteiger partial charge is 0.464 e. The Kier molecular flexibility index (Phi) is 6.62. The molecule has 5 atom stereocenters. The maximum Gasteiger partial charge on any atom is 0.357 e. The fraction of sp³-hybridized carbons (Fsp3) is 0.677. The quantitative estimate of drug-likeness (QED) is 0.406. The van der Waals surface area contributed by atoms with Gasteiger partial charge in [-0.1, -0.05) is 25.0 Å². The molecule has 8 rings (SSSR count). The third-order valence-electron chi connectivity index (χ3n) is 9.86. The van der Waals surface area contributed by atoms with Crippen LogP contribution < -0.4 is 0 Å². The topological polar surface area (TPSA) is 104 Å². The van der Waals surface area contributed by atoms with Crippen LogP contribution in [0.3, 0.4) is 0 Å². The Morgan fingerprint density at radius 2 is 1.62 bits per heavy atom. The number of rotatable bonds is 5. The van der Waals surface area contributed by atoms with Gasteiger partial charge in [0.05, 0.1) is 31.4 Å². The second kappa shape index (κ2) is 10.3. The molecule has 11 heteroatoms. The number of fused-ring (bicyclic) bond motifs is 4. The monoisotopic (exact) mass is 581 g/mol. The summed E-state index contributed by atoms with van der Waals surface area (Å²) in [6, 6.07) is 7.87. The van der Waals surface area contributed by atoms with Crippen LogP contribution in [0.25, 0.3) is 16.8 Å². The molecule has 2 spiro atoms. The van der Waals surface area contributed by atoms with Crippen molar-refractivity contribution in [3.05, 3.63) is 35.7 Å². The van der Waals surface area contributed by atoms with Crippen LogP contribution in [-0.4, -0.2) is 75.9 Å². The Labute approximate surface area is 244 Å². The highest BCUT2D eigenvalue weighted by atomic mass is 16.8. The van der Waals surface area contributed by atoms with Gasteiger partial charge in [-0.3, -0.25) is 4.40 Å². The smallest absolute Gasteiger partial charge is 0.357 e. The summed E-state index contributed by atoms with van der Waals surface area (Å²) >= 11 is 0. The van der Waals surface area contributed by atoms with Gasteiger partial charge in [-0.2, -0.15) is 0 Å². The molecule has 3 aliphatic heterocycles. The predicted molar refractivity (Wildman–Crippen MR) is 149 cm³/mol. The number of benzene rings is 1. The van der Waals surface area contributed by atoms with E-state index in [1.165, 1.54) is 20.0 Å². The molecule has 5 aliphatic rings. The predicted octanol–water partition coefficient (Wildman–Crippen LogP) is 4.37. The summed E-state index contributed by atoms with van der Waals surface area (Å²) in [4.78, 5) is 17.9. The summed E-state index contributed by atoms with van der Waals surface area (Å²) in [6.45, 7) is 0.506. The minimum atomic E-state index is -0.708. The van der Waals surface area contributed by atoms with Crippen molar-refractivity contribution in [1.29, 1.82) is 0 Å². The summed E-state index contributed by atoms with van der Waals surface area (Å²) in [7, 11) is 3.31. The molecule has 0 bridgehead atoms. The normalized spacial score (nSPS) is 31.9. The van der Waals surface area contributed by atoms with Crippen LogP contribution in [0.4, 0.5) is 0 Å². The second-order valence-electron chi connectivity index (χ2n) is 12.4. The standard InChI is InChI=1S/C31H39N3O8/c1-33-20-11-5-6-12-21(20)34-23(27(35)36-2)19(32-29(33)34)17-37-28-26-25(41-31(42-26)15-9-4-10-16-31)24(39-28)22-18-38-30(40-22)13-7-3-8-14-30/h5-6,11-12,22,24-26,28H,3-4,7-10,13-18H2,1-2H3/t22-,24+,25-,26-,28+/m0/s1. The molecule has 5 heterocycles. The van der Waals surface area contributed by atoms with Crippen molar-refractivity contribution in [3.63, 3.8) is 0 Å². The van der Waals surface area contributed by atoms with E-state index >= 15 is 0 Å². The van der Waals surface area contributed by atoms with Crippen molar-refractivity contribution in [1.82, 2.24) is 14.0 Å². The molecule has 2 saturated carbocycles.